The molecule has 0 aliphatic carbocycles. The molecule has 3 aliphatic rings. The molecule has 1 aromatic rings. The van der Waals surface area contributed by atoms with E-state index in [1.165, 1.54) is 43.0 Å². The molecule has 3 heterocycles. The Hall–Kier alpha value is -2.43. The number of ether oxygens (including phenoxy) is 1. The van der Waals surface area contributed by atoms with Crippen molar-refractivity contribution in [1.82, 2.24) is 9.80 Å². The first-order valence-electron chi connectivity index (χ1n) is 10.1. The average Bonchev–Trinajstić information content (AvgIpc) is 2.74. The highest BCUT2D eigenvalue weighted by Crippen LogP contribution is 2.45. The van der Waals surface area contributed by atoms with Crippen LogP contribution in [0.2, 0.25) is 5.02 Å². The fourth-order valence-electron chi connectivity index (χ4n) is 4.17. The summed E-state index contributed by atoms with van der Waals surface area (Å²) in [6.45, 7) is 0.834. The summed E-state index contributed by atoms with van der Waals surface area (Å²) in [4.78, 5) is 64.8. The van der Waals surface area contributed by atoms with Gasteiger partial charge in [-0.25, -0.2) is 4.79 Å². The Morgan fingerprint density at radius 3 is 2.44 bits per heavy atom. The fourth-order valence-corrected chi connectivity index (χ4v) is 5.77. The van der Waals surface area contributed by atoms with E-state index in [0.29, 0.717) is 17.0 Å². The van der Waals surface area contributed by atoms with E-state index in [2.05, 4.69) is 0 Å². The Balaban J connectivity index is 1.48. The number of nitrogens with zero attached hydrogens (tertiary/aromatic N) is 2. The van der Waals surface area contributed by atoms with Crippen molar-refractivity contribution in [3.8, 4) is 0 Å². The van der Waals surface area contributed by atoms with Crippen molar-refractivity contribution >= 4 is 52.8 Å². The molecule has 0 saturated carbocycles. The Morgan fingerprint density at radius 1 is 1.19 bits per heavy atom. The SMILES string of the molecule is C[C@@]1(O)CS[C@@H]2C(N3C(=O)CCCC3=O)C(=O)N2C1C(=O)OCC(=O)c1ccc(Cl)cc1. The average molecular weight is 481 g/mol. The third-order valence-corrected chi connectivity index (χ3v) is 7.63. The summed E-state index contributed by atoms with van der Waals surface area (Å²) in [6, 6.07) is 3.71. The second-order valence-corrected chi connectivity index (χ2v) is 9.74. The number of piperidine rings is 1. The van der Waals surface area contributed by atoms with Crippen LogP contribution < -0.4 is 0 Å². The van der Waals surface area contributed by atoms with Crippen molar-refractivity contribution in [3.63, 3.8) is 0 Å². The molecule has 9 nitrogen and oxygen atoms in total. The predicted molar refractivity (Wildman–Crippen MR) is 114 cm³/mol. The number of hydrogen-bond donors (Lipinski definition) is 1. The number of ketones is 1. The van der Waals surface area contributed by atoms with Crippen LogP contribution in [0.1, 0.15) is 36.5 Å². The number of hydrogen-bond acceptors (Lipinski definition) is 8. The monoisotopic (exact) mass is 480 g/mol. The Kier molecular flexibility index (Phi) is 6.04. The molecule has 0 radical (unpaired) electrons. The molecule has 32 heavy (non-hydrogen) atoms. The van der Waals surface area contributed by atoms with Crippen LogP contribution in [0.3, 0.4) is 0 Å². The number of Topliss-reactive ketones (excluding diaryl/α,β-unsaturated/α-hetero) is 1. The normalized spacial score (nSPS) is 30.0. The van der Waals surface area contributed by atoms with Gasteiger partial charge in [0.2, 0.25) is 11.8 Å². The van der Waals surface area contributed by atoms with E-state index >= 15 is 0 Å². The van der Waals surface area contributed by atoms with Crippen LogP contribution in [0, 0.1) is 0 Å². The number of esters is 1. The van der Waals surface area contributed by atoms with Gasteiger partial charge in [-0.05, 0) is 37.6 Å². The van der Waals surface area contributed by atoms with Gasteiger partial charge in [-0.3, -0.25) is 24.1 Å². The lowest BCUT2D eigenvalue weighted by atomic mass is 9.90. The number of carbonyl (C=O) groups is 5. The molecule has 3 aliphatic heterocycles. The van der Waals surface area contributed by atoms with E-state index in [0.717, 1.165) is 9.80 Å². The first-order chi connectivity index (χ1) is 15.1. The van der Waals surface area contributed by atoms with E-state index in [-0.39, 0.29) is 18.6 Å². The molecule has 4 rings (SSSR count). The van der Waals surface area contributed by atoms with Gasteiger partial charge < -0.3 is 14.7 Å². The topological polar surface area (TPSA) is 121 Å². The van der Waals surface area contributed by atoms with Gasteiger partial charge in [0.05, 0.1) is 0 Å². The van der Waals surface area contributed by atoms with Gasteiger partial charge in [-0.2, -0.15) is 0 Å². The highest BCUT2D eigenvalue weighted by molar-refractivity contribution is 8.00. The Labute approximate surface area is 193 Å². The van der Waals surface area contributed by atoms with Gasteiger partial charge >= 0.3 is 5.97 Å². The van der Waals surface area contributed by atoms with E-state index < -0.39 is 59.1 Å². The van der Waals surface area contributed by atoms with Gasteiger partial charge in [-0.15, -0.1) is 11.8 Å². The minimum Gasteiger partial charge on any atom is -0.456 e. The van der Waals surface area contributed by atoms with Gasteiger partial charge in [-0.1, -0.05) is 11.6 Å². The molecule has 3 saturated heterocycles. The molecule has 170 valence electrons. The second kappa shape index (κ2) is 8.49. The molecular weight excluding hydrogens is 460 g/mol. The van der Waals surface area contributed by atoms with Crippen LogP contribution in [0.25, 0.3) is 0 Å². The predicted octanol–water partition coefficient (Wildman–Crippen LogP) is 1.01. The number of aliphatic hydroxyl groups is 1. The van der Waals surface area contributed by atoms with E-state index in [1.54, 1.807) is 0 Å². The quantitative estimate of drug-likeness (QED) is 0.287. The molecule has 1 aromatic carbocycles. The fraction of sp³-hybridized carbons (Fsp3) is 0.476. The summed E-state index contributed by atoms with van der Waals surface area (Å²) in [6.07, 6.45) is 0.813. The number of benzene rings is 1. The maximum atomic E-state index is 12.9. The smallest absolute Gasteiger partial charge is 0.332 e. The van der Waals surface area contributed by atoms with E-state index in [4.69, 9.17) is 16.3 Å². The number of fused-ring (bicyclic) bond motifs is 1. The molecule has 1 N–H and O–H groups in total. The Morgan fingerprint density at radius 2 is 1.81 bits per heavy atom. The third-order valence-electron chi connectivity index (χ3n) is 5.80. The number of carbonyl (C=O) groups excluding carboxylic acids is 5. The summed E-state index contributed by atoms with van der Waals surface area (Å²) in [5.74, 6) is -2.73. The molecule has 0 bridgehead atoms. The summed E-state index contributed by atoms with van der Waals surface area (Å²) in [7, 11) is 0. The van der Waals surface area contributed by atoms with Crippen LogP contribution in [0.4, 0.5) is 0 Å². The lowest BCUT2D eigenvalue weighted by Gasteiger charge is -2.58. The van der Waals surface area contributed by atoms with Crippen molar-refractivity contribution in [2.45, 2.75) is 49.2 Å². The minimum absolute atomic E-state index is 0.0824. The molecule has 2 unspecified atom stereocenters. The summed E-state index contributed by atoms with van der Waals surface area (Å²) >= 11 is 7.00. The molecular formula is C21H21ClN2O7S. The van der Waals surface area contributed by atoms with Crippen LogP contribution in [0.5, 0.6) is 0 Å². The zero-order valence-corrected chi connectivity index (χ0v) is 18.7. The maximum absolute atomic E-state index is 12.9. The number of amides is 3. The number of imide groups is 1. The second-order valence-electron chi connectivity index (χ2n) is 8.20. The Bertz CT molecular complexity index is 980. The lowest BCUT2D eigenvalue weighted by molar-refractivity contribution is -0.185. The molecule has 11 heteroatoms. The largest absolute Gasteiger partial charge is 0.456 e. The molecule has 3 fully saturated rings. The third kappa shape index (κ3) is 3.91. The van der Waals surface area contributed by atoms with Crippen LogP contribution in [0.15, 0.2) is 24.3 Å². The van der Waals surface area contributed by atoms with E-state index in [9.17, 15) is 29.1 Å². The highest BCUT2D eigenvalue weighted by atomic mass is 35.5. The zero-order valence-electron chi connectivity index (χ0n) is 17.2. The van der Waals surface area contributed by atoms with Crippen LogP contribution in [-0.4, -0.2) is 79.8 Å². The summed E-state index contributed by atoms with van der Waals surface area (Å²) in [5.41, 5.74) is -1.31. The number of rotatable bonds is 5. The van der Waals surface area contributed by atoms with Crippen LogP contribution in [-0.2, 0) is 23.9 Å². The standard InChI is InChI=1S/C21H21ClN2O7S/c1-21(30)10-32-19-16(23-14(26)3-2-4-15(23)27)18(28)24(19)17(21)20(29)31-9-13(25)11-5-7-12(22)8-6-11/h5-8,16-17,19,30H,2-4,9-10H2,1H3/t16?,17?,19-,21-/m1/s1. The number of β-lactam (4-membered cyclic amide) rings is 1. The number of thioether (sulfide) groups is 1. The highest BCUT2D eigenvalue weighted by Gasteiger charge is 2.64. The van der Waals surface area contributed by atoms with Gasteiger partial charge in [0.15, 0.2) is 18.4 Å². The molecule has 0 spiro atoms. The van der Waals surface area contributed by atoms with E-state index in [1.807, 2.05) is 0 Å². The minimum atomic E-state index is -1.61. The number of likely N-dealkylation sites (tertiary alicyclic amines) is 1. The van der Waals surface area contributed by atoms with Crippen molar-refractivity contribution in [2.75, 3.05) is 12.4 Å². The molecule has 4 atom stereocenters. The van der Waals surface area contributed by atoms with Crippen molar-refractivity contribution in [2.24, 2.45) is 0 Å². The first-order valence-corrected chi connectivity index (χ1v) is 11.5. The van der Waals surface area contributed by atoms with Gasteiger partial charge in [0.25, 0.3) is 5.91 Å². The molecule has 3 amide bonds. The van der Waals surface area contributed by atoms with Crippen LogP contribution >= 0.6 is 23.4 Å². The first kappa shape index (κ1) is 22.8. The van der Waals surface area contributed by atoms with Gasteiger partial charge in [0.1, 0.15) is 17.0 Å². The van der Waals surface area contributed by atoms with Crippen molar-refractivity contribution < 1.29 is 33.8 Å². The maximum Gasteiger partial charge on any atom is 0.332 e. The summed E-state index contributed by atoms with van der Waals surface area (Å²) < 4.78 is 5.16. The van der Waals surface area contributed by atoms with Crippen molar-refractivity contribution in [1.29, 1.82) is 0 Å². The lowest BCUT2D eigenvalue weighted by Crippen LogP contribution is -2.80. The molecule has 0 aromatic heterocycles. The summed E-state index contributed by atoms with van der Waals surface area (Å²) in [5, 5.41) is 10.6. The van der Waals surface area contributed by atoms with Gasteiger partial charge in [0, 0.05) is 29.2 Å². The number of halogens is 1. The van der Waals surface area contributed by atoms with Crippen molar-refractivity contribution in [3.05, 3.63) is 34.9 Å². The zero-order chi connectivity index (χ0) is 23.2.